The summed E-state index contributed by atoms with van der Waals surface area (Å²) in [4.78, 5) is 0. The van der Waals surface area contributed by atoms with Crippen molar-refractivity contribution in [2.45, 2.75) is 12.8 Å². The molecule has 12 heavy (non-hydrogen) atoms. The molecule has 0 saturated carbocycles. The number of anilines is 1. The third-order valence-electron chi connectivity index (χ3n) is 1.51. The molecule has 0 amide bonds. The molecule has 0 aromatic heterocycles. The molecule has 0 atom stereocenters. The summed E-state index contributed by atoms with van der Waals surface area (Å²) in [5, 5.41) is 11.5. The van der Waals surface area contributed by atoms with Crippen LogP contribution in [-0.4, -0.2) is 6.54 Å². The molecule has 0 bridgehead atoms. The van der Waals surface area contributed by atoms with Crippen molar-refractivity contribution >= 4 is 5.69 Å². The second-order valence-electron chi connectivity index (χ2n) is 2.48. The van der Waals surface area contributed by atoms with Crippen molar-refractivity contribution in [2.75, 3.05) is 11.9 Å². The predicted molar refractivity (Wildman–Crippen MR) is 48.6 cm³/mol. The van der Waals surface area contributed by atoms with Crippen molar-refractivity contribution in [1.29, 1.82) is 5.26 Å². The molecule has 2 heteroatoms. The molecule has 0 aliphatic rings. The van der Waals surface area contributed by atoms with E-state index < -0.39 is 0 Å². The number of hydrogen-bond acceptors (Lipinski definition) is 2. The summed E-state index contributed by atoms with van der Waals surface area (Å²) in [5.41, 5.74) is 1.09. The van der Waals surface area contributed by atoms with E-state index in [-0.39, 0.29) is 0 Å². The Balaban J connectivity index is 2.21. The Morgan fingerprint density at radius 3 is 2.83 bits per heavy atom. The average Bonchev–Trinajstić information content (AvgIpc) is 2.14. The first-order valence-electron chi connectivity index (χ1n) is 4.00. The van der Waals surface area contributed by atoms with Crippen LogP contribution in [0.15, 0.2) is 24.3 Å². The predicted octanol–water partition coefficient (Wildman–Crippen LogP) is 2.20. The zero-order chi connectivity index (χ0) is 8.65. The Hall–Kier alpha value is -1.49. The Morgan fingerprint density at radius 1 is 1.42 bits per heavy atom. The number of nitriles is 1. The highest BCUT2D eigenvalue weighted by atomic mass is 14.9. The van der Waals surface area contributed by atoms with E-state index in [1.807, 2.05) is 24.3 Å². The van der Waals surface area contributed by atoms with E-state index in [1.54, 1.807) is 0 Å². The van der Waals surface area contributed by atoms with Gasteiger partial charge in [0.1, 0.15) is 0 Å². The van der Waals surface area contributed by atoms with Crippen LogP contribution in [0, 0.1) is 17.4 Å². The minimum atomic E-state index is 0.617. The maximum atomic E-state index is 8.28. The number of benzene rings is 1. The van der Waals surface area contributed by atoms with E-state index in [0.29, 0.717) is 6.42 Å². The van der Waals surface area contributed by atoms with Crippen LogP contribution in [0.4, 0.5) is 5.69 Å². The van der Waals surface area contributed by atoms with E-state index >= 15 is 0 Å². The molecule has 1 rings (SSSR count). The van der Waals surface area contributed by atoms with Gasteiger partial charge in [0.15, 0.2) is 0 Å². The highest BCUT2D eigenvalue weighted by Crippen LogP contribution is 2.04. The molecule has 0 spiro atoms. The first-order chi connectivity index (χ1) is 5.93. The highest BCUT2D eigenvalue weighted by Gasteiger charge is 1.88. The van der Waals surface area contributed by atoms with Crippen LogP contribution in [0.2, 0.25) is 0 Å². The van der Waals surface area contributed by atoms with Gasteiger partial charge in [-0.3, -0.25) is 0 Å². The van der Waals surface area contributed by atoms with Crippen LogP contribution in [0.1, 0.15) is 12.8 Å². The van der Waals surface area contributed by atoms with Crippen LogP contribution in [-0.2, 0) is 0 Å². The fourth-order valence-corrected chi connectivity index (χ4v) is 0.905. The van der Waals surface area contributed by atoms with Gasteiger partial charge in [-0.05, 0) is 24.6 Å². The fraction of sp³-hybridized carbons (Fsp3) is 0.300. The summed E-state index contributed by atoms with van der Waals surface area (Å²) < 4.78 is 0. The first kappa shape index (κ1) is 8.61. The van der Waals surface area contributed by atoms with E-state index in [1.165, 1.54) is 0 Å². The Morgan fingerprint density at radius 2 is 2.17 bits per heavy atom. The molecule has 1 aromatic rings. The quantitative estimate of drug-likeness (QED) is 0.683. The Kier molecular flexibility index (Phi) is 3.73. The van der Waals surface area contributed by atoms with E-state index in [9.17, 15) is 0 Å². The molecule has 0 heterocycles. The molecule has 0 aliphatic carbocycles. The molecule has 1 N–H and O–H groups in total. The lowest BCUT2D eigenvalue weighted by molar-refractivity contribution is 0.897. The van der Waals surface area contributed by atoms with Crippen LogP contribution >= 0.6 is 0 Å². The number of nitrogens with one attached hydrogen (secondary N) is 1. The molecule has 0 fully saturated rings. The van der Waals surface area contributed by atoms with Gasteiger partial charge < -0.3 is 5.32 Å². The van der Waals surface area contributed by atoms with Gasteiger partial charge in [0, 0.05) is 18.7 Å². The van der Waals surface area contributed by atoms with Crippen LogP contribution in [0.25, 0.3) is 0 Å². The van der Waals surface area contributed by atoms with Crippen LogP contribution < -0.4 is 5.32 Å². The van der Waals surface area contributed by atoms with E-state index in [4.69, 9.17) is 5.26 Å². The van der Waals surface area contributed by atoms with Crippen molar-refractivity contribution in [2.24, 2.45) is 0 Å². The summed E-state index contributed by atoms with van der Waals surface area (Å²) >= 11 is 0. The Labute approximate surface area is 72.8 Å². The SMILES string of the molecule is N#CCCCNc1cc[c]cc1. The minimum absolute atomic E-state index is 0.617. The smallest absolute Gasteiger partial charge is 0.0622 e. The maximum absolute atomic E-state index is 8.28. The first-order valence-corrected chi connectivity index (χ1v) is 4.00. The van der Waals surface area contributed by atoms with Crippen molar-refractivity contribution in [3.63, 3.8) is 0 Å². The topological polar surface area (TPSA) is 35.8 Å². The van der Waals surface area contributed by atoms with Crippen LogP contribution in [0.5, 0.6) is 0 Å². The lowest BCUT2D eigenvalue weighted by atomic mass is 10.3. The third kappa shape index (κ3) is 3.07. The van der Waals surface area contributed by atoms with Gasteiger partial charge in [-0.1, -0.05) is 12.1 Å². The monoisotopic (exact) mass is 159 g/mol. The van der Waals surface area contributed by atoms with E-state index in [0.717, 1.165) is 18.7 Å². The zero-order valence-corrected chi connectivity index (χ0v) is 6.88. The summed E-state index contributed by atoms with van der Waals surface area (Å²) in [6, 6.07) is 12.7. The second-order valence-corrected chi connectivity index (χ2v) is 2.48. The third-order valence-corrected chi connectivity index (χ3v) is 1.51. The number of hydrogen-bond donors (Lipinski definition) is 1. The standard InChI is InChI=1S/C10H11N2/c11-8-4-5-9-12-10-6-2-1-3-7-10/h2-3,6-7,12H,4-5,9H2. The summed E-state index contributed by atoms with van der Waals surface area (Å²) in [6.07, 6.45) is 1.51. The molecule has 0 saturated heterocycles. The molecule has 1 radical (unpaired) electrons. The maximum Gasteiger partial charge on any atom is 0.0622 e. The van der Waals surface area contributed by atoms with Crippen LogP contribution in [0.3, 0.4) is 0 Å². The second kappa shape index (κ2) is 5.20. The lowest BCUT2D eigenvalue weighted by Crippen LogP contribution is -2.00. The molecule has 61 valence electrons. The van der Waals surface area contributed by atoms with Crippen molar-refractivity contribution in [3.05, 3.63) is 30.3 Å². The van der Waals surface area contributed by atoms with Gasteiger partial charge in [0.2, 0.25) is 0 Å². The van der Waals surface area contributed by atoms with Crippen molar-refractivity contribution in [1.82, 2.24) is 0 Å². The summed E-state index contributed by atoms with van der Waals surface area (Å²) in [7, 11) is 0. The fourth-order valence-electron chi connectivity index (χ4n) is 0.905. The lowest BCUT2D eigenvalue weighted by Gasteiger charge is -2.02. The Bertz CT molecular complexity index is 248. The van der Waals surface area contributed by atoms with Crippen molar-refractivity contribution in [3.8, 4) is 6.07 Å². The molecule has 0 unspecified atom stereocenters. The highest BCUT2D eigenvalue weighted by molar-refractivity contribution is 5.41. The molecular weight excluding hydrogens is 148 g/mol. The van der Waals surface area contributed by atoms with Gasteiger partial charge in [-0.25, -0.2) is 0 Å². The minimum Gasteiger partial charge on any atom is -0.385 e. The van der Waals surface area contributed by atoms with Crippen molar-refractivity contribution < 1.29 is 0 Å². The van der Waals surface area contributed by atoms with Gasteiger partial charge in [-0.2, -0.15) is 5.26 Å². The largest absolute Gasteiger partial charge is 0.385 e. The van der Waals surface area contributed by atoms with Gasteiger partial charge in [0.05, 0.1) is 6.07 Å². The number of nitrogens with zero attached hydrogens (tertiary/aromatic N) is 1. The normalized spacial score (nSPS) is 8.92. The average molecular weight is 159 g/mol. The number of unbranched alkanes of at least 4 members (excludes halogenated alkanes) is 1. The van der Waals surface area contributed by atoms with Gasteiger partial charge in [-0.15, -0.1) is 0 Å². The molecule has 2 nitrogen and oxygen atoms in total. The molecule has 1 aromatic carbocycles. The van der Waals surface area contributed by atoms with Gasteiger partial charge in [0.25, 0.3) is 0 Å². The zero-order valence-electron chi connectivity index (χ0n) is 6.88. The summed E-state index contributed by atoms with van der Waals surface area (Å²) in [5.74, 6) is 0. The number of rotatable bonds is 4. The summed E-state index contributed by atoms with van der Waals surface area (Å²) in [6.45, 7) is 0.859. The molecular formula is C10H11N2. The van der Waals surface area contributed by atoms with E-state index in [2.05, 4.69) is 17.5 Å². The molecule has 0 aliphatic heterocycles. The van der Waals surface area contributed by atoms with Gasteiger partial charge >= 0.3 is 0 Å².